The molecule has 3 rings (SSSR count). The van der Waals surface area contributed by atoms with Gasteiger partial charge in [-0.1, -0.05) is 0 Å². The minimum atomic E-state index is -0.258. The topological polar surface area (TPSA) is 39.7 Å². The van der Waals surface area contributed by atoms with Crippen LogP contribution in [-0.2, 0) is 14.2 Å². The fourth-order valence-corrected chi connectivity index (χ4v) is 2.90. The quantitative estimate of drug-likeness (QED) is 0.642. The molecule has 1 aliphatic carbocycles. The van der Waals surface area contributed by atoms with Gasteiger partial charge in [-0.3, -0.25) is 0 Å². The van der Waals surface area contributed by atoms with Gasteiger partial charge in [0.05, 0.1) is 25.4 Å². The molecule has 4 nitrogen and oxygen atoms in total. The van der Waals surface area contributed by atoms with E-state index in [0.717, 1.165) is 58.6 Å². The zero-order valence-corrected chi connectivity index (χ0v) is 9.09. The SMILES string of the molecule is C1COC2(CCC3(CC2)OCCO3)CN1. The second-order valence-electron chi connectivity index (χ2n) is 4.82. The van der Waals surface area contributed by atoms with Crippen LogP contribution in [0.3, 0.4) is 0 Å². The maximum absolute atomic E-state index is 5.94. The second-order valence-corrected chi connectivity index (χ2v) is 4.82. The molecular formula is C11H19NO3. The van der Waals surface area contributed by atoms with Crippen molar-refractivity contribution in [1.29, 1.82) is 0 Å². The van der Waals surface area contributed by atoms with E-state index >= 15 is 0 Å². The third-order valence-corrected chi connectivity index (χ3v) is 3.87. The van der Waals surface area contributed by atoms with Gasteiger partial charge in [-0.05, 0) is 12.8 Å². The summed E-state index contributed by atoms with van der Waals surface area (Å²) in [7, 11) is 0. The van der Waals surface area contributed by atoms with Crippen molar-refractivity contribution in [3.63, 3.8) is 0 Å². The third-order valence-electron chi connectivity index (χ3n) is 3.87. The minimum absolute atomic E-state index is 0.0683. The van der Waals surface area contributed by atoms with Gasteiger partial charge >= 0.3 is 0 Å². The van der Waals surface area contributed by atoms with Gasteiger partial charge < -0.3 is 19.5 Å². The average Bonchev–Trinajstić information content (AvgIpc) is 2.74. The first-order valence-corrected chi connectivity index (χ1v) is 5.95. The Hall–Kier alpha value is -0.160. The molecule has 3 fully saturated rings. The molecule has 86 valence electrons. The lowest BCUT2D eigenvalue weighted by atomic mass is 9.80. The number of ether oxygens (including phenoxy) is 3. The second kappa shape index (κ2) is 3.70. The molecule has 0 atom stereocenters. The van der Waals surface area contributed by atoms with E-state index in [1.807, 2.05) is 0 Å². The van der Waals surface area contributed by atoms with Crippen LogP contribution >= 0.6 is 0 Å². The van der Waals surface area contributed by atoms with Crippen molar-refractivity contribution in [2.45, 2.75) is 37.1 Å². The van der Waals surface area contributed by atoms with Crippen LogP contribution in [0.4, 0.5) is 0 Å². The van der Waals surface area contributed by atoms with Gasteiger partial charge in [0.15, 0.2) is 5.79 Å². The first-order chi connectivity index (χ1) is 7.33. The van der Waals surface area contributed by atoms with Crippen molar-refractivity contribution in [3.05, 3.63) is 0 Å². The molecule has 2 heterocycles. The first-order valence-electron chi connectivity index (χ1n) is 5.95. The number of hydrogen-bond donors (Lipinski definition) is 1. The Balaban J connectivity index is 1.63. The highest BCUT2D eigenvalue weighted by atomic mass is 16.7. The Morgan fingerprint density at radius 2 is 1.53 bits per heavy atom. The Bertz CT molecular complexity index is 220. The van der Waals surface area contributed by atoms with Crippen LogP contribution in [0, 0.1) is 0 Å². The summed E-state index contributed by atoms with van der Waals surface area (Å²) in [6.45, 7) is 4.33. The summed E-state index contributed by atoms with van der Waals surface area (Å²) in [6, 6.07) is 0. The van der Waals surface area contributed by atoms with Gasteiger partial charge in [0.1, 0.15) is 0 Å². The molecule has 0 radical (unpaired) electrons. The number of hydrogen-bond acceptors (Lipinski definition) is 4. The molecule has 2 saturated heterocycles. The zero-order valence-electron chi connectivity index (χ0n) is 9.09. The fourth-order valence-electron chi connectivity index (χ4n) is 2.90. The molecule has 3 aliphatic rings. The average molecular weight is 213 g/mol. The lowest BCUT2D eigenvalue weighted by Gasteiger charge is -2.45. The molecule has 1 N–H and O–H groups in total. The van der Waals surface area contributed by atoms with Crippen molar-refractivity contribution < 1.29 is 14.2 Å². The summed E-state index contributed by atoms with van der Waals surface area (Å²) in [5, 5.41) is 3.42. The van der Waals surface area contributed by atoms with Crippen LogP contribution < -0.4 is 5.32 Å². The van der Waals surface area contributed by atoms with Crippen LogP contribution in [0.1, 0.15) is 25.7 Å². The Kier molecular flexibility index (Phi) is 2.47. The number of rotatable bonds is 0. The summed E-state index contributed by atoms with van der Waals surface area (Å²) < 4.78 is 17.4. The predicted octanol–water partition coefficient (Wildman–Crippen LogP) is 0.662. The highest BCUT2D eigenvalue weighted by Crippen LogP contribution is 2.42. The van der Waals surface area contributed by atoms with E-state index in [4.69, 9.17) is 14.2 Å². The van der Waals surface area contributed by atoms with Gasteiger partial charge in [-0.15, -0.1) is 0 Å². The monoisotopic (exact) mass is 213 g/mol. The lowest BCUT2D eigenvalue weighted by molar-refractivity contribution is -0.213. The van der Waals surface area contributed by atoms with Crippen LogP contribution in [0.25, 0.3) is 0 Å². The zero-order chi connectivity index (χ0) is 10.2. The summed E-state index contributed by atoms with van der Waals surface area (Å²) in [4.78, 5) is 0. The lowest BCUT2D eigenvalue weighted by Crippen LogP contribution is -2.54. The van der Waals surface area contributed by atoms with Crippen molar-refractivity contribution >= 4 is 0 Å². The molecule has 0 amide bonds. The van der Waals surface area contributed by atoms with E-state index in [1.165, 1.54) is 0 Å². The van der Waals surface area contributed by atoms with Crippen molar-refractivity contribution in [1.82, 2.24) is 5.32 Å². The maximum Gasteiger partial charge on any atom is 0.168 e. The fraction of sp³-hybridized carbons (Fsp3) is 1.00. The molecule has 2 aliphatic heterocycles. The molecule has 0 aromatic heterocycles. The highest BCUT2D eigenvalue weighted by Gasteiger charge is 2.47. The molecule has 15 heavy (non-hydrogen) atoms. The van der Waals surface area contributed by atoms with Gasteiger partial charge in [0.2, 0.25) is 0 Å². The summed E-state index contributed by atoms with van der Waals surface area (Å²) in [5.41, 5.74) is 0.0683. The normalized spacial score (nSPS) is 33.6. The molecule has 0 unspecified atom stereocenters. The smallest absolute Gasteiger partial charge is 0.168 e. The Morgan fingerprint density at radius 1 is 0.800 bits per heavy atom. The van der Waals surface area contributed by atoms with Crippen LogP contribution in [0.2, 0.25) is 0 Å². The van der Waals surface area contributed by atoms with E-state index < -0.39 is 0 Å². The summed E-state index contributed by atoms with van der Waals surface area (Å²) in [5.74, 6) is -0.258. The Labute approximate surface area is 90.3 Å². The van der Waals surface area contributed by atoms with Gasteiger partial charge in [-0.2, -0.15) is 0 Å². The molecule has 0 aromatic carbocycles. The largest absolute Gasteiger partial charge is 0.372 e. The van der Waals surface area contributed by atoms with Gasteiger partial charge in [0.25, 0.3) is 0 Å². The molecule has 4 heteroatoms. The number of morpholine rings is 1. The highest BCUT2D eigenvalue weighted by molar-refractivity contribution is 4.95. The molecule has 1 saturated carbocycles. The van der Waals surface area contributed by atoms with E-state index in [0.29, 0.717) is 0 Å². The van der Waals surface area contributed by atoms with Gasteiger partial charge in [0, 0.05) is 25.9 Å². The minimum Gasteiger partial charge on any atom is -0.372 e. The standard InChI is InChI=1S/C11H19NO3/c1-3-11(14-7-8-15-11)4-2-10(1)9-12-5-6-13-10/h12H,1-9H2. The third kappa shape index (κ3) is 1.80. The molecule has 0 bridgehead atoms. The summed E-state index contributed by atoms with van der Waals surface area (Å²) >= 11 is 0. The van der Waals surface area contributed by atoms with E-state index in [1.54, 1.807) is 0 Å². The van der Waals surface area contributed by atoms with Crippen molar-refractivity contribution in [2.75, 3.05) is 32.9 Å². The first kappa shape index (κ1) is 10.0. The molecule has 2 spiro atoms. The van der Waals surface area contributed by atoms with Crippen molar-refractivity contribution in [3.8, 4) is 0 Å². The van der Waals surface area contributed by atoms with E-state index in [9.17, 15) is 0 Å². The Morgan fingerprint density at radius 3 is 2.13 bits per heavy atom. The predicted molar refractivity (Wildman–Crippen MR) is 54.7 cm³/mol. The molecular weight excluding hydrogens is 194 g/mol. The molecule has 0 aromatic rings. The van der Waals surface area contributed by atoms with Gasteiger partial charge in [-0.25, -0.2) is 0 Å². The van der Waals surface area contributed by atoms with Crippen LogP contribution in [0.5, 0.6) is 0 Å². The summed E-state index contributed by atoms with van der Waals surface area (Å²) in [6.07, 6.45) is 4.07. The van der Waals surface area contributed by atoms with E-state index in [-0.39, 0.29) is 11.4 Å². The van der Waals surface area contributed by atoms with E-state index in [2.05, 4.69) is 5.32 Å². The van der Waals surface area contributed by atoms with Crippen LogP contribution in [0.15, 0.2) is 0 Å². The van der Waals surface area contributed by atoms with Crippen molar-refractivity contribution in [2.24, 2.45) is 0 Å². The number of nitrogens with one attached hydrogen (secondary N) is 1. The maximum atomic E-state index is 5.94. The van der Waals surface area contributed by atoms with Crippen LogP contribution in [-0.4, -0.2) is 44.3 Å².